The predicted octanol–water partition coefficient (Wildman–Crippen LogP) is 1.05. The van der Waals surface area contributed by atoms with Crippen molar-refractivity contribution in [3.05, 3.63) is 23.8 Å². The second kappa shape index (κ2) is 5.03. The van der Waals surface area contributed by atoms with Crippen molar-refractivity contribution in [2.75, 3.05) is 20.4 Å². The van der Waals surface area contributed by atoms with E-state index in [0.29, 0.717) is 11.9 Å². The molecule has 86 valence electrons. The van der Waals surface area contributed by atoms with Gasteiger partial charge >= 0.3 is 0 Å². The first-order chi connectivity index (χ1) is 7.79. The van der Waals surface area contributed by atoms with Crippen molar-refractivity contribution in [3.8, 4) is 11.5 Å². The van der Waals surface area contributed by atoms with Gasteiger partial charge in [-0.3, -0.25) is 0 Å². The number of benzene rings is 1. The molecule has 0 atom stereocenters. The van der Waals surface area contributed by atoms with Gasteiger partial charge in [-0.05, 0) is 36.3 Å². The number of hydrogen-bond donors (Lipinski definition) is 2. The Balaban J connectivity index is 1.88. The Hall–Kier alpha value is -1.49. The molecule has 0 unspecified atom stereocenters. The minimum Gasteiger partial charge on any atom is -0.454 e. The van der Waals surface area contributed by atoms with Crippen LogP contribution in [0.5, 0.6) is 11.5 Å². The number of ether oxygens (including phenoxy) is 2. The molecule has 5 heteroatoms. The summed E-state index contributed by atoms with van der Waals surface area (Å²) in [5.41, 5.74) is 1.20. The summed E-state index contributed by atoms with van der Waals surface area (Å²) in [5.74, 6) is 1.65. The first-order valence-corrected chi connectivity index (χ1v) is 5.54. The van der Waals surface area contributed by atoms with E-state index >= 15 is 0 Å². The van der Waals surface area contributed by atoms with Crippen molar-refractivity contribution in [2.24, 2.45) is 0 Å². The fraction of sp³-hybridized carbons (Fsp3) is 0.364. The molecule has 0 saturated heterocycles. The predicted molar refractivity (Wildman–Crippen MR) is 65.9 cm³/mol. The largest absolute Gasteiger partial charge is 0.454 e. The molecule has 2 rings (SSSR count). The van der Waals surface area contributed by atoms with Gasteiger partial charge in [0.25, 0.3) is 0 Å². The summed E-state index contributed by atoms with van der Waals surface area (Å²) in [4.78, 5) is 0. The molecule has 0 fully saturated rings. The minimum absolute atomic E-state index is 0.320. The molecule has 0 spiro atoms. The summed E-state index contributed by atoms with van der Waals surface area (Å²) in [5, 5.41) is 6.63. The summed E-state index contributed by atoms with van der Waals surface area (Å²) in [6.45, 7) is 1.13. The molecular formula is C11H14N2O2S. The number of thiocarbonyl (C=S) groups is 1. The van der Waals surface area contributed by atoms with Crippen LogP contribution >= 0.6 is 12.2 Å². The van der Waals surface area contributed by atoms with E-state index in [1.54, 1.807) is 7.05 Å². The van der Waals surface area contributed by atoms with Crippen LogP contribution in [0.25, 0.3) is 0 Å². The maximum Gasteiger partial charge on any atom is 0.231 e. The van der Waals surface area contributed by atoms with Gasteiger partial charge in [0.05, 0.1) is 0 Å². The molecule has 0 saturated carbocycles. The van der Waals surface area contributed by atoms with Crippen LogP contribution in [-0.4, -0.2) is 25.5 Å². The van der Waals surface area contributed by atoms with Crippen LogP contribution in [0, 0.1) is 0 Å². The second-order valence-electron chi connectivity index (χ2n) is 3.44. The molecule has 0 bridgehead atoms. The Morgan fingerprint density at radius 2 is 2.19 bits per heavy atom. The third-order valence-electron chi connectivity index (χ3n) is 2.36. The lowest BCUT2D eigenvalue weighted by Crippen LogP contribution is -2.33. The fourth-order valence-corrected chi connectivity index (χ4v) is 1.61. The lowest BCUT2D eigenvalue weighted by Gasteiger charge is -2.07. The zero-order chi connectivity index (χ0) is 11.4. The summed E-state index contributed by atoms with van der Waals surface area (Å²) in [6.07, 6.45) is 0.901. The monoisotopic (exact) mass is 238 g/mol. The maximum absolute atomic E-state index is 5.31. The molecule has 1 aromatic rings. The van der Waals surface area contributed by atoms with E-state index in [0.717, 1.165) is 24.5 Å². The van der Waals surface area contributed by atoms with Crippen LogP contribution in [0.3, 0.4) is 0 Å². The summed E-state index contributed by atoms with van der Waals surface area (Å²) >= 11 is 4.98. The van der Waals surface area contributed by atoms with Crippen molar-refractivity contribution < 1.29 is 9.47 Å². The standard InChI is InChI=1S/C11H14N2O2S/c1-12-11(16)13-5-4-8-2-3-9-10(6-8)15-7-14-9/h2-3,6H,4-5,7H2,1H3,(H2,12,13,16). The number of hydrogen-bond acceptors (Lipinski definition) is 3. The van der Waals surface area contributed by atoms with Gasteiger partial charge in [0.15, 0.2) is 16.6 Å². The quantitative estimate of drug-likeness (QED) is 0.771. The minimum atomic E-state index is 0.320. The molecule has 0 amide bonds. The Labute approximate surface area is 99.9 Å². The van der Waals surface area contributed by atoms with E-state index in [1.807, 2.05) is 18.2 Å². The lowest BCUT2D eigenvalue weighted by molar-refractivity contribution is 0.174. The normalized spacial score (nSPS) is 12.3. The number of nitrogens with one attached hydrogen (secondary N) is 2. The molecule has 1 heterocycles. The SMILES string of the molecule is CNC(=S)NCCc1ccc2c(c1)OCO2. The average Bonchev–Trinajstić information content (AvgIpc) is 2.76. The highest BCUT2D eigenvalue weighted by molar-refractivity contribution is 7.80. The van der Waals surface area contributed by atoms with Crippen LogP contribution in [0.4, 0.5) is 0 Å². The van der Waals surface area contributed by atoms with E-state index in [9.17, 15) is 0 Å². The number of fused-ring (bicyclic) bond motifs is 1. The summed E-state index contributed by atoms with van der Waals surface area (Å²) in [6, 6.07) is 5.98. The van der Waals surface area contributed by atoms with Gasteiger partial charge in [-0.25, -0.2) is 0 Å². The van der Waals surface area contributed by atoms with Crippen molar-refractivity contribution in [3.63, 3.8) is 0 Å². The molecule has 4 nitrogen and oxygen atoms in total. The maximum atomic E-state index is 5.31. The molecule has 1 aliphatic heterocycles. The Morgan fingerprint density at radius 3 is 3.00 bits per heavy atom. The van der Waals surface area contributed by atoms with Crippen molar-refractivity contribution >= 4 is 17.3 Å². The third-order valence-corrected chi connectivity index (χ3v) is 2.71. The van der Waals surface area contributed by atoms with Crippen LogP contribution < -0.4 is 20.1 Å². The van der Waals surface area contributed by atoms with Gasteiger partial charge in [-0.1, -0.05) is 6.07 Å². The van der Waals surface area contributed by atoms with Crippen molar-refractivity contribution in [2.45, 2.75) is 6.42 Å². The summed E-state index contributed by atoms with van der Waals surface area (Å²) in [7, 11) is 1.80. The molecule has 0 radical (unpaired) electrons. The average molecular weight is 238 g/mol. The van der Waals surface area contributed by atoms with E-state index in [2.05, 4.69) is 10.6 Å². The van der Waals surface area contributed by atoms with Crippen molar-refractivity contribution in [1.82, 2.24) is 10.6 Å². The van der Waals surface area contributed by atoms with E-state index in [1.165, 1.54) is 5.56 Å². The first-order valence-electron chi connectivity index (χ1n) is 5.13. The molecule has 0 aliphatic carbocycles. The molecule has 1 aromatic carbocycles. The molecule has 0 aromatic heterocycles. The third kappa shape index (κ3) is 2.55. The lowest BCUT2D eigenvalue weighted by atomic mass is 10.1. The highest BCUT2D eigenvalue weighted by Crippen LogP contribution is 2.32. The second-order valence-corrected chi connectivity index (χ2v) is 3.85. The number of rotatable bonds is 3. The van der Waals surface area contributed by atoms with E-state index in [4.69, 9.17) is 21.7 Å². The molecule has 1 aliphatic rings. The molecule has 2 N–H and O–H groups in total. The van der Waals surface area contributed by atoms with Gasteiger partial charge in [0.2, 0.25) is 6.79 Å². The highest BCUT2D eigenvalue weighted by atomic mass is 32.1. The zero-order valence-electron chi connectivity index (χ0n) is 9.08. The Kier molecular flexibility index (Phi) is 3.46. The van der Waals surface area contributed by atoms with E-state index in [-0.39, 0.29) is 0 Å². The van der Waals surface area contributed by atoms with Gasteiger partial charge in [-0.15, -0.1) is 0 Å². The van der Waals surface area contributed by atoms with Crippen LogP contribution in [0.2, 0.25) is 0 Å². The van der Waals surface area contributed by atoms with E-state index < -0.39 is 0 Å². The van der Waals surface area contributed by atoms with Gasteiger partial charge in [0, 0.05) is 13.6 Å². The molecule has 16 heavy (non-hydrogen) atoms. The topological polar surface area (TPSA) is 42.5 Å². The Morgan fingerprint density at radius 1 is 1.38 bits per heavy atom. The van der Waals surface area contributed by atoms with Crippen LogP contribution in [0.1, 0.15) is 5.56 Å². The smallest absolute Gasteiger partial charge is 0.231 e. The fourth-order valence-electron chi connectivity index (χ4n) is 1.51. The first kappa shape index (κ1) is 11.0. The zero-order valence-corrected chi connectivity index (χ0v) is 9.89. The highest BCUT2D eigenvalue weighted by Gasteiger charge is 2.12. The van der Waals surface area contributed by atoms with Gasteiger partial charge < -0.3 is 20.1 Å². The molecular weight excluding hydrogens is 224 g/mol. The van der Waals surface area contributed by atoms with Crippen LogP contribution in [-0.2, 0) is 6.42 Å². The van der Waals surface area contributed by atoms with Gasteiger partial charge in [-0.2, -0.15) is 0 Å². The van der Waals surface area contributed by atoms with Gasteiger partial charge in [0.1, 0.15) is 0 Å². The van der Waals surface area contributed by atoms with Crippen LogP contribution in [0.15, 0.2) is 18.2 Å². The summed E-state index contributed by atoms with van der Waals surface area (Å²) < 4.78 is 10.6. The Bertz CT molecular complexity index is 396. The van der Waals surface area contributed by atoms with Crippen molar-refractivity contribution in [1.29, 1.82) is 0 Å².